The number of rotatable bonds is 16. The quantitative estimate of drug-likeness (QED) is 0.173. The molecule has 9 nitrogen and oxygen atoms in total. The van der Waals surface area contributed by atoms with Crippen LogP contribution in [0.2, 0.25) is 5.02 Å². The normalized spacial score (nSPS) is 10.9. The lowest BCUT2D eigenvalue weighted by atomic mass is 10.1. The third-order valence-corrected chi connectivity index (χ3v) is 7.38. The molecule has 10 heteroatoms. The van der Waals surface area contributed by atoms with Crippen LogP contribution < -0.4 is 14.2 Å². The minimum Gasteiger partial charge on any atom is -0.493 e. The van der Waals surface area contributed by atoms with E-state index in [9.17, 15) is 9.59 Å². The van der Waals surface area contributed by atoms with Crippen molar-refractivity contribution >= 4 is 34.3 Å². The molecule has 1 heterocycles. The van der Waals surface area contributed by atoms with Gasteiger partial charge in [0.2, 0.25) is 5.91 Å². The van der Waals surface area contributed by atoms with Crippen molar-refractivity contribution in [2.45, 2.75) is 19.4 Å². The van der Waals surface area contributed by atoms with Crippen LogP contribution in [-0.2, 0) is 27.3 Å². The summed E-state index contributed by atoms with van der Waals surface area (Å²) >= 11 is 5.96. The van der Waals surface area contributed by atoms with E-state index in [2.05, 4.69) is 11.1 Å². The van der Waals surface area contributed by atoms with Crippen molar-refractivity contribution in [2.75, 3.05) is 54.2 Å². The van der Waals surface area contributed by atoms with Gasteiger partial charge < -0.3 is 33.7 Å². The van der Waals surface area contributed by atoms with Gasteiger partial charge in [0, 0.05) is 55.5 Å². The van der Waals surface area contributed by atoms with Gasteiger partial charge in [-0.3, -0.25) is 9.59 Å². The standard InChI is InChI=1S/C33H38ClN3O6/c1-40-18-6-16-36(33(39)23-43-27-12-10-26(34)11-13-27)22-32(38)37(21-24-9-14-30(41-2)31(19-24)42-3)17-15-25-20-35-29-8-5-4-7-28(25)29/h4-5,7-14,19-20,35H,6,15-18,21-23H2,1-3H3. The van der Waals surface area contributed by atoms with Gasteiger partial charge in [-0.2, -0.15) is 0 Å². The van der Waals surface area contributed by atoms with E-state index < -0.39 is 0 Å². The molecule has 0 saturated carbocycles. The van der Waals surface area contributed by atoms with Crippen molar-refractivity contribution < 1.29 is 28.5 Å². The molecule has 0 saturated heterocycles. The van der Waals surface area contributed by atoms with Gasteiger partial charge in [0.1, 0.15) is 5.75 Å². The van der Waals surface area contributed by atoms with Crippen molar-refractivity contribution in [2.24, 2.45) is 0 Å². The number of methoxy groups -OCH3 is 3. The van der Waals surface area contributed by atoms with Gasteiger partial charge in [0.05, 0.1) is 20.8 Å². The molecule has 0 bridgehead atoms. The van der Waals surface area contributed by atoms with Gasteiger partial charge >= 0.3 is 0 Å². The molecule has 0 aliphatic heterocycles. The Balaban J connectivity index is 1.52. The average molecular weight is 608 g/mol. The molecule has 1 N–H and O–H groups in total. The van der Waals surface area contributed by atoms with E-state index in [1.807, 2.05) is 42.6 Å². The first-order valence-corrected chi connectivity index (χ1v) is 14.5. The van der Waals surface area contributed by atoms with E-state index in [-0.39, 0.29) is 25.0 Å². The lowest BCUT2D eigenvalue weighted by Crippen LogP contribution is -2.45. The highest BCUT2D eigenvalue weighted by molar-refractivity contribution is 6.30. The first-order valence-electron chi connectivity index (χ1n) is 14.1. The lowest BCUT2D eigenvalue weighted by Gasteiger charge is -2.28. The number of H-pyrrole nitrogens is 1. The number of para-hydroxylation sites is 1. The van der Waals surface area contributed by atoms with Crippen molar-refractivity contribution in [3.8, 4) is 17.2 Å². The Hall–Kier alpha value is -4.21. The first-order chi connectivity index (χ1) is 20.9. The van der Waals surface area contributed by atoms with Crippen LogP contribution in [0.25, 0.3) is 10.9 Å². The van der Waals surface area contributed by atoms with Gasteiger partial charge in [-0.25, -0.2) is 0 Å². The molecule has 228 valence electrons. The van der Waals surface area contributed by atoms with E-state index in [4.69, 9.17) is 30.5 Å². The second-order valence-corrected chi connectivity index (χ2v) is 10.5. The molecule has 4 aromatic rings. The van der Waals surface area contributed by atoms with E-state index in [1.54, 1.807) is 50.5 Å². The topological polar surface area (TPSA) is 93.3 Å². The molecule has 4 rings (SSSR count). The number of hydrogen-bond donors (Lipinski definition) is 1. The van der Waals surface area contributed by atoms with E-state index in [0.29, 0.717) is 61.4 Å². The third kappa shape index (κ3) is 8.89. The second kappa shape index (κ2) is 15.9. The summed E-state index contributed by atoms with van der Waals surface area (Å²) in [6.07, 6.45) is 3.21. The summed E-state index contributed by atoms with van der Waals surface area (Å²) in [4.78, 5) is 33.8. The smallest absolute Gasteiger partial charge is 0.260 e. The maximum absolute atomic E-state index is 13.9. The molecule has 0 unspecified atom stereocenters. The summed E-state index contributed by atoms with van der Waals surface area (Å²) in [7, 11) is 4.77. The molecule has 0 aliphatic rings. The summed E-state index contributed by atoms with van der Waals surface area (Å²) in [6, 6.07) is 20.5. The first kappa shape index (κ1) is 31.7. The van der Waals surface area contributed by atoms with Gasteiger partial charge in [-0.05, 0) is 66.4 Å². The molecule has 0 radical (unpaired) electrons. The monoisotopic (exact) mass is 607 g/mol. The van der Waals surface area contributed by atoms with Crippen LogP contribution in [0.5, 0.6) is 17.2 Å². The van der Waals surface area contributed by atoms with Crippen molar-refractivity contribution in [3.05, 3.63) is 89.1 Å². The molecule has 0 fully saturated rings. The number of ether oxygens (including phenoxy) is 4. The van der Waals surface area contributed by atoms with Crippen LogP contribution in [-0.4, -0.2) is 80.8 Å². The molecule has 1 aromatic heterocycles. The Morgan fingerprint density at radius 3 is 2.37 bits per heavy atom. The maximum Gasteiger partial charge on any atom is 0.260 e. The molecule has 43 heavy (non-hydrogen) atoms. The number of aromatic amines is 1. The molecule has 0 spiro atoms. The van der Waals surface area contributed by atoms with Crippen LogP contribution in [0.3, 0.4) is 0 Å². The summed E-state index contributed by atoms with van der Waals surface area (Å²) in [5, 5.41) is 1.70. The number of nitrogens with one attached hydrogen (secondary N) is 1. The number of amides is 2. The predicted octanol–water partition coefficient (Wildman–Crippen LogP) is 5.35. The Morgan fingerprint density at radius 1 is 0.860 bits per heavy atom. The van der Waals surface area contributed by atoms with Crippen molar-refractivity contribution in [1.29, 1.82) is 0 Å². The highest BCUT2D eigenvalue weighted by Crippen LogP contribution is 2.28. The number of nitrogens with zero attached hydrogens (tertiary/aromatic N) is 2. The van der Waals surface area contributed by atoms with Gasteiger partial charge in [-0.15, -0.1) is 0 Å². The molecular formula is C33H38ClN3O6. The Kier molecular flexibility index (Phi) is 11.7. The molecular weight excluding hydrogens is 570 g/mol. The summed E-state index contributed by atoms with van der Waals surface area (Å²) < 4.78 is 21.8. The zero-order chi connectivity index (χ0) is 30.6. The Morgan fingerprint density at radius 2 is 1.63 bits per heavy atom. The fourth-order valence-corrected chi connectivity index (χ4v) is 4.93. The van der Waals surface area contributed by atoms with E-state index in [0.717, 1.165) is 22.0 Å². The highest BCUT2D eigenvalue weighted by Gasteiger charge is 2.23. The highest BCUT2D eigenvalue weighted by atomic mass is 35.5. The molecule has 2 amide bonds. The minimum atomic E-state index is -0.290. The van der Waals surface area contributed by atoms with Crippen LogP contribution in [0.1, 0.15) is 17.5 Å². The van der Waals surface area contributed by atoms with E-state index in [1.165, 1.54) is 4.90 Å². The van der Waals surface area contributed by atoms with Gasteiger partial charge in [0.25, 0.3) is 5.91 Å². The molecule has 0 atom stereocenters. The second-order valence-electron chi connectivity index (χ2n) is 10.0. The number of halogens is 1. The van der Waals surface area contributed by atoms with Gasteiger partial charge in [-0.1, -0.05) is 35.9 Å². The van der Waals surface area contributed by atoms with Crippen molar-refractivity contribution in [1.82, 2.24) is 14.8 Å². The fraction of sp³-hybridized carbons (Fsp3) is 0.333. The predicted molar refractivity (Wildman–Crippen MR) is 167 cm³/mol. The van der Waals surface area contributed by atoms with E-state index >= 15 is 0 Å². The number of carbonyl (C=O) groups excluding carboxylic acids is 2. The zero-order valence-corrected chi connectivity index (χ0v) is 25.6. The molecule has 0 aliphatic carbocycles. The number of hydrogen-bond acceptors (Lipinski definition) is 6. The summed E-state index contributed by atoms with van der Waals surface area (Å²) in [5.41, 5.74) is 3.05. The molecule has 3 aromatic carbocycles. The largest absolute Gasteiger partial charge is 0.493 e. The average Bonchev–Trinajstić information content (AvgIpc) is 3.45. The minimum absolute atomic E-state index is 0.0896. The lowest BCUT2D eigenvalue weighted by molar-refractivity contribution is -0.142. The number of fused-ring (bicyclic) bond motifs is 1. The third-order valence-electron chi connectivity index (χ3n) is 7.13. The zero-order valence-electron chi connectivity index (χ0n) is 24.8. The summed E-state index contributed by atoms with van der Waals surface area (Å²) in [5.74, 6) is 1.25. The van der Waals surface area contributed by atoms with Crippen LogP contribution >= 0.6 is 11.6 Å². The number of aromatic nitrogens is 1. The fourth-order valence-electron chi connectivity index (χ4n) is 4.81. The number of benzene rings is 3. The van der Waals surface area contributed by atoms with Crippen molar-refractivity contribution in [3.63, 3.8) is 0 Å². The van der Waals surface area contributed by atoms with Crippen LogP contribution in [0.4, 0.5) is 0 Å². The van der Waals surface area contributed by atoms with Crippen LogP contribution in [0.15, 0.2) is 72.9 Å². The Labute approximate surface area is 257 Å². The Bertz CT molecular complexity index is 1490. The summed E-state index contributed by atoms with van der Waals surface area (Å²) in [6.45, 7) is 1.32. The maximum atomic E-state index is 13.9. The van der Waals surface area contributed by atoms with Gasteiger partial charge in [0.15, 0.2) is 18.1 Å². The SMILES string of the molecule is COCCCN(CC(=O)N(CCc1c[nH]c2ccccc12)Cc1ccc(OC)c(OC)c1)C(=O)COc1ccc(Cl)cc1. The number of carbonyl (C=O) groups is 2. The van der Waals surface area contributed by atoms with Crippen LogP contribution in [0, 0.1) is 0 Å².